The van der Waals surface area contributed by atoms with Crippen LogP contribution >= 0.6 is 11.6 Å². The van der Waals surface area contributed by atoms with E-state index in [0.29, 0.717) is 0 Å². The number of alkyl halides is 4. The number of rotatable bonds is 3. The molecular weight excluding hydrogens is 179 g/mol. The van der Waals surface area contributed by atoms with Gasteiger partial charge in [0.1, 0.15) is 0 Å². The summed E-state index contributed by atoms with van der Waals surface area (Å²) in [6.45, 7) is 4.59. The Morgan fingerprint density at radius 1 is 1.27 bits per heavy atom. The summed E-state index contributed by atoms with van der Waals surface area (Å²) in [6.07, 6.45) is 0. The second-order valence-corrected chi connectivity index (χ2v) is 2.26. The predicted molar refractivity (Wildman–Crippen MR) is 41.0 cm³/mol. The molecule has 0 rings (SSSR count). The van der Waals surface area contributed by atoms with Gasteiger partial charge in [-0.3, -0.25) is 0 Å². The first kappa shape index (κ1) is 13.6. The van der Waals surface area contributed by atoms with E-state index in [0.717, 1.165) is 13.1 Å². The van der Waals surface area contributed by atoms with Crippen molar-refractivity contribution in [3.05, 3.63) is 0 Å². The highest BCUT2D eigenvalue weighted by atomic mass is 35.5. The van der Waals surface area contributed by atoms with Crippen LogP contribution in [0.4, 0.5) is 13.2 Å². The zero-order valence-electron chi connectivity index (χ0n) is 6.63. The topological polar surface area (TPSA) is 12.0 Å². The summed E-state index contributed by atoms with van der Waals surface area (Å²) in [7, 11) is 0. The van der Waals surface area contributed by atoms with Crippen LogP contribution in [0.15, 0.2) is 0 Å². The van der Waals surface area contributed by atoms with Gasteiger partial charge >= 0.3 is 5.38 Å². The molecule has 0 spiro atoms. The molecule has 11 heavy (non-hydrogen) atoms. The van der Waals surface area contributed by atoms with Gasteiger partial charge in [-0.2, -0.15) is 8.78 Å². The maximum absolute atomic E-state index is 10.8. The number of halogens is 4. The molecule has 0 aliphatic rings. The fourth-order valence-electron chi connectivity index (χ4n) is 0.250. The van der Waals surface area contributed by atoms with Crippen LogP contribution in [0, 0.1) is 0 Å². The fourth-order valence-corrected chi connectivity index (χ4v) is 0.250. The van der Waals surface area contributed by atoms with Gasteiger partial charge in [-0.1, -0.05) is 13.8 Å². The molecule has 1 nitrogen and oxygen atoms in total. The third kappa shape index (κ3) is 25.5. The molecule has 0 atom stereocenters. The van der Waals surface area contributed by atoms with Crippen LogP contribution in [0.1, 0.15) is 13.8 Å². The lowest BCUT2D eigenvalue weighted by atomic mass is 10.7. The van der Waals surface area contributed by atoms with E-state index >= 15 is 0 Å². The van der Waals surface area contributed by atoms with E-state index in [4.69, 9.17) is 0 Å². The summed E-state index contributed by atoms with van der Waals surface area (Å²) in [5, 5.41) is -0.542. The molecule has 70 valence electrons. The molecule has 0 fully saturated rings. The lowest BCUT2D eigenvalue weighted by Crippen LogP contribution is -2.09. The summed E-state index contributed by atoms with van der Waals surface area (Å²) in [5.74, 6) is 0. The zero-order chi connectivity index (χ0) is 9.33. The molecule has 1 N–H and O–H groups in total. The SMILES string of the molecule is CCNCC.FCC(F)(F)Cl. The standard InChI is InChI=1S/C4H11N.C2H2ClF3/c1-3-5-4-2;3-2(5,6)1-4/h5H,3-4H2,1-2H3;1H2. The monoisotopic (exact) mass is 191 g/mol. The maximum atomic E-state index is 10.8. The van der Waals surface area contributed by atoms with Gasteiger partial charge in [0, 0.05) is 0 Å². The van der Waals surface area contributed by atoms with Gasteiger partial charge in [-0.05, 0) is 24.7 Å². The molecule has 0 saturated heterocycles. The van der Waals surface area contributed by atoms with Gasteiger partial charge in [-0.25, -0.2) is 4.39 Å². The Kier molecular flexibility index (Phi) is 10.1. The van der Waals surface area contributed by atoms with Crippen molar-refractivity contribution in [3.8, 4) is 0 Å². The Labute approximate surface area is 69.9 Å². The van der Waals surface area contributed by atoms with E-state index in [1.807, 2.05) is 0 Å². The molecule has 0 bridgehead atoms. The molecule has 0 aromatic heterocycles. The molecule has 0 aliphatic carbocycles. The quantitative estimate of drug-likeness (QED) is 0.676. The predicted octanol–water partition coefficient (Wildman–Crippen LogP) is 2.40. The number of hydrogen-bond donors (Lipinski definition) is 1. The van der Waals surface area contributed by atoms with E-state index in [9.17, 15) is 13.2 Å². The Morgan fingerprint density at radius 3 is 1.55 bits per heavy atom. The molecular formula is C6H13ClF3N. The maximum Gasteiger partial charge on any atom is 0.349 e. The number of hydrogen-bond acceptors (Lipinski definition) is 1. The van der Waals surface area contributed by atoms with Crippen LogP contribution in [0.3, 0.4) is 0 Å². The molecule has 0 amide bonds. The van der Waals surface area contributed by atoms with Crippen molar-refractivity contribution >= 4 is 11.6 Å². The highest BCUT2D eigenvalue weighted by Gasteiger charge is 2.23. The average molecular weight is 192 g/mol. The second-order valence-electron chi connectivity index (χ2n) is 1.71. The van der Waals surface area contributed by atoms with Crippen molar-refractivity contribution < 1.29 is 13.2 Å². The summed E-state index contributed by atoms with van der Waals surface area (Å²) in [6, 6.07) is 0. The van der Waals surface area contributed by atoms with Gasteiger partial charge in [0.05, 0.1) is 0 Å². The summed E-state index contributed by atoms with van der Waals surface area (Å²) < 4.78 is 32.3. The van der Waals surface area contributed by atoms with Gasteiger partial charge in [0.15, 0.2) is 6.67 Å². The van der Waals surface area contributed by atoms with Crippen molar-refractivity contribution in [2.75, 3.05) is 19.8 Å². The Balaban J connectivity index is 0. The lowest BCUT2D eigenvalue weighted by molar-refractivity contribution is 0.0653. The first-order valence-corrected chi connectivity index (χ1v) is 3.69. The van der Waals surface area contributed by atoms with E-state index in [-0.39, 0.29) is 0 Å². The number of nitrogens with one attached hydrogen (secondary N) is 1. The summed E-state index contributed by atoms with van der Waals surface area (Å²) in [4.78, 5) is 0. The van der Waals surface area contributed by atoms with Crippen LogP contribution in [0.5, 0.6) is 0 Å². The molecule has 0 saturated carbocycles. The normalized spacial score (nSPS) is 10.4. The fraction of sp³-hybridized carbons (Fsp3) is 1.00. The molecule has 5 heteroatoms. The molecule has 0 heterocycles. The lowest BCUT2D eigenvalue weighted by Gasteiger charge is -1.95. The second kappa shape index (κ2) is 8.14. The molecule has 0 radical (unpaired) electrons. The van der Waals surface area contributed by atoms with Crippen LogP contribution in [0.25, 0.3) is 0 Å². The highest BCUT2D eigenvalue weighted by molar-refractivity contribution is 6.21. The summed E-state index contributed by atoms with van der Waals surface area (Å²) >= 11 is 4.01. The smallest absolute Gasteiger partial charge is 0.317 e. The van der Waals surface area contributed by atoms with Crippen molar-refractivity contribution in [1.29, 1.82) is 0 Å². The van der Waals surface area contributed by atoms with Gasteiger partial charge in [0.2, 0.25) is 0 Å². The van der Waals surface area contributed by atoms with Crippen LogP contribution in [-0.4, -0.2) is 25.1 Å². The first-order valence-electron chi connectivity index (χ1n) is 3.31. The van der Waals surface area contributed by atoms with Crippen LogP contribution in [0.2, 0.25) is 0 Å². The van der Waals surface area contributed by atoms with E-state index in [1.165, 1.54) is 0 Å². The molecule has 0 aromatic carbocycles. The molecule has 0 aliphatic heterocycles. The van der Waals surface area contributed by atoms with Gasteiger partial charge in [-0.15, -0.1) is 0 Å². The summed E-state index contributed by atoms with van der Waals surface area (Å²) in [5.41, 5.74) is 0. The largest absolute Gasteiger partial charge is 0.349 e. The third-order valence-electron chi connectivity index (χ3n) is 0.652. The van der Waals surface area contributed by atoms with Crippen LogP contribution in [-0.2, 0) is 0 Å². The van der Waals surface area contributed by atoms with Crippen molar-refractivity contribution in [2.24, 2.45) is 0 Å². The van der Waals surface area contributed by atoms with E-state index in [1.54, 1.807) is 0 Å². The minimum atomic E-state index is -3.65. The Hall–Kier alpha value is 0.0400. The Morgan fingerprint density at radius 2 is 1.55 bits per heavy atom. The molecule has 0 aromatic rings. The third-order valence-corrected chi connectivity index (χ3v) is 0.753. The van der Waals surface area contributed by atoms with Crippen LogP contribution < -0.4 is 5.32 Å². The average Bonchev–Trinajstić information content (AvgIpc) is 1.90. The molecule has 0 unspecified atom stereocenters. The minimum absolute atomic E-state index is 1.09. The van der Waals surface area contributed by atoms with Crippen molar-refractivity contribution in [3.63, 3.8) is 0 Å². The highest BCUT2D eigenvalue weighted by Crippen LogP contribution is 2.17. The minimum Gasteiger partial charge on any atom is -0.317 e. The van der Waals surface area contributed by atoms with E-state index in [2.05, 4.69) is 30.8 Å². The Bertz CT molecular complexity index is 72.7. The first-order chi connectivity index (χ1) is 4.97. The van der Waals surface area contributed by atoms with E-state index < -0.39 is 12.1 Å². The van der Waals surface area contributed by atoms with Crippen molar-refractivity contribution in [2.45, 2.75) is 19.2 Å². The van der Waals surface area contributed by atoms with Gasteiger partial charge in [0.25, 0.3) is 0 Å². The van der Waals surface area contributed by atoms with Crippen molar-refractivity contribution in [1.82, 2.24) is 5.32 Å². The zero-order valence-corrected chi connectivity index (χ0v) is 7.39. The van der Waals surface area contributed by atoms with Gasteiger partial charge < -0.3 is 5.32 Å².